The molecule has 5 aliphatic rings. The molecular weight excluding hydrogens is 724 g/mol. The van der Waals surface area contributed by atoms with E-state index in [9.17, 15) is 0 Å². The summed E-state index contributed by atoms with van der Waals surface area (Å²) in [5.74, 6) is 2.62. The van der Waals surface area contributed by atoms with Gasteiger partial charge in [-0.05, 0) is 80.2 Å². The third kappa shape index (κ3) is 5.93. The van der Waals surface area contributed by atoms with Gasteiger partial charge in [0.25, 0.3) is 0 Å². The van der Waals surface area contributed by atoms with Crippen LogP contribution >= 0.6 is 0 Å². The van der Waals surface area contributed by atoms with Crippen LogP contribution in [0.2, 0.25) is 0 Å². The molecule has 2 aromatic carbocycles. The zero-order chi connectivity index (χ0) is 26.8. The summed E-state index contributed by atoms with van der Waals surface area (Å²) in [5.41, 5.74) is 8.25. The number of nitrogens with zero attached hydrogens (tertiary/aromatic N) is 1. The van der Waals surface area contributed by atoms with Crippen LogP contribution in [-0.2, 0) is 12.8 Å². The Morgan fingerprint density at radius 2 is 1.74 bits per heavy atom. The fourth-order valence-corrected chi connectivity index (χ4v) is 8.45. The Kier molecular flexibility index (Phi) is 10.4. The molecule has 0 saturated heterocycles. The summed E-state index contributed by atoms with van der Waals surface area (Å²) in [6.45, 7) is 8.22. The molecular formula is C33H43N3OSU. The molecule has 5 atom stereocenters. The van der Waals surface area contributed by atoms with Gasteiger partial charge in [-0.25, -0.2) is 0 Å². The predicted octanol–water partition coefficient (Wildman–Crippen LogP) is 7.95. The van der Waals surface area contributed by atoms with Gasteiger partial charge >= 0.3 is 31.1 Å². The Morgan fingerprint density at radius 1 is 1.00 bits per heavy atom. The second kappa shape index (κ2) is 13.2. The first-order valence-corrected chi connectivity index (χ1v) is 14.8. The third-order valence-electron chi connectivity index (χ3n) is 10.4. The molecule has 5 unspecified atom stereocenters. The molecule has 0 radical (unpaired) electrons. The van der Waals surface area contributed by atoms with Crippen LogP contribution in [0.5, 0.6) is 0 Å². The molecule has 4 aliphatic carbocycles. The van der Waals surface area contributed by atoms with Crippen molar-refractivity contribution in [2.45, 2.75) is 72.1 Å². The maximum absolute atomic E-state index is 7.13. The Bertz CT molecular complexity index is 1170. The molecule has 2 fully saturated rings. The first-order chi connectivity index (χ1) is 18.4. The van der Waals surface area contributed by atoms with Crippen molar-refractivity contribution < 1.29 is 36.3 Å². The minimum atomic E-state index is 0. The van der Waals surface area contributed by atoms with Gasteiger partial charge in [-0.1, -0.05) is 57.0 Å². The van der Waals surface area contributed by atoms with Gasteiger partial charge in [0.05, 0.1) is 18.0 Å². The smallest absolute Gasteiger partial charge is 0.675 e. The number of allylic oxidation sites excluding steroid dienone is 4. The van der Waals surface area contributed by atoms with Crippen molar-refractivity contribution in [3.05, 3.63) is 83.6 Å². The van der Waals surface area contributed by atoms with Crippen LogP contribution in [0, 0.1) is 72.7 Å². The standard InChI is InChI=1S/C26H34N2.C7H7.H2NOS.U/c1-25-15-6-5-7-18(25)10-11-19-20-12-13-24(26(20,2)16-14-21(19)25)28-17-27-22-8-3-4-9-23(22)28;1-7-5-3-2-4-6-7;2-1-3;/h3-4,8-10,13,19-21,27H,5-7,11-12,14-17H2,1-2H3;3-6H,1H3;1-2H;/q;2*-1;+2. The topological polar surface area (TPSA) is 47.5 Å². The number of anilines is 2. The number of para-hydroxylation sites is 2. The summed E-state index contributed by atoms with van der Waals surface area (Å²) < 4.78 is 0. The summed E-state index contributed by atoms with van der Waals surface area (Å²) in [4.78, 5) is 3.92. The SMILES string of the molecule is CC12CCCCC1=CCC1C2CCC2(C)C(N3CNc4ccccc43)=CCC12.Cc1cc[c-]cc1.ON[S-].[U+2]. The molecule has 39 heavy (non-hydrogen) atoms. The van der Waals surface area contributed by atoms with Gasteiger partial charge in [0.1, 0.15) is 0 Å². The van der Waals surface area contributed by atoms with Crippen LogP contribution in [0.3, 0.4) is 0 Å². The average Bonchev–Trinajstić information content (AvgIpc) is 3.50. The van der Waals surface area contributed by atoms with E-state index >= 15 is 0 Å². The van der Waals surface area contributed by atoms with E-state index in [2.05, 4.69) is 86.3 Å². The molecule has 0 amide bonds. The maximum Gasteiger partial charge on any atom is 2.00 e. The van der Waals surface area contributed by atoms with E-state index in [4.69, 9.17) is 5.21 Å². The fraction of sp³-hybridized carbons (Fsp3) is 0.515. The molecule has 4 nitrogen and oxygen atoms in total. The maximum atomic E-state index is 7.13. The van der Waals surface area contributed by atoms with Crippen molar-refractivity contribution in [2.75, 3.05) is 16.9 Å². The Hall–Kier alpha value is -1.16. The Morgan fingerprint density at radius 3 is 2.46 bits per heavy atom. The molecule has 3 N–H and O–H groups in total. The molecule has 1 aliphatic heterocycles. The average molecular weight is 768 g/mol. The van der Waals surface area contributed by atoms with Crippen molar-refractivity contribution in [3.8, 4) is 0 Å². The monoisotopic (exact) mass is 767 g/mol. The van der Waals surface area contributed by atoms with Gasteiger partial charge in [-0.2, -0.15) is 35.9 Å². The second-order valence-corrected chi connectivity index (χ2v) is 12.4. The van der Waals surface area contributed by atoms with Gasteiger partial charge in [-0.15, -0.1) is 0 Å². The van der Waals surface area contributed by atoms with Crippen LogP contribution in [0.25, 0.3) is 0 Å². The van der Waals surface area contributed by atoms with E-state index in [-0.39, 0.29) is 31.1 Å². The van der Waals surface area contributed by atoms with Crippen molar-refractivity contribution in [2.24, 2.45) is 28.6 Å². The fourth-order valence-electron chi connectivity index (χ4n) is 8.45. The molecule has 0 bridgehead atoms. The summed E-state index contributed by atoms with van der Waals surface area (Å²) in [6.07, 6.45) is 16.4. The number of aryl methyl sites for hydroxylation is 1. The van der Waals surface area contributed by atoms with E-state index in [0.717, 1.165) is 24.4 Å². The zero-order valence-electron chi connectivity index (χ0n) is 23.7. The largest absolute Gasteiger partial charge is 2.00 e. The van der Waals surface area contributed by atoms with E-state index in [1.807, 2.05) is 29.8 Å². The Labute approximate surface area is 265 Å². The molecule has 7 rings (SSSR count). The molecule has 0 aromatic heterocycles. The third-order valence-corrected chi connectivity index (χ3v) is 10.4. The Balaban J connectivity index is 0.000000275. The summed E-state index contributed by atoms with van der Waals surface area (Å²) >= 11 is 3.70. The van der Waals surface area contributed by atoms with Crippen LogP contribution in [-0.4, -0.2) is 11.9 Å². The first-order valence-electron chi connectivity index (χ1n) is 14.4. The molecule has 6 heteroatoms. The normalized spacial score (nSPS) is 31.6. The molecule has 2 aromatic rings. The predicted molar refractivity (Wildman–Crippen MR) is 159 cm³/mol. The van der Waals surface area contributed by atoms with Crippen molar-refractivity contribution in [1.82, 2.24) is 4.89 Å². The van der Waals surface area contributed by atoms with E-state index in [0.29, 0.717) is 10.8 Å². The van der Waals surface area contributed by atoms with Gasteiger partial charge in [0.2, 0.25) is 0 Å². The van der Waals surface area contributed by atoms with Crippen molar-refractivity contribution >= 4 is 24.2 Å². The van der Waals surface area contributed by atoms with E-state index in [1.165, 1.54) is 73.2 Å². The van der Waals surface area contributed by atoms with Gasteiger partial charge < -0.3 is 33.1 Å². The number of hydrogen-bond acceptors (Lipinski definition) is 5. The number of hydrogen-bond donors (Lipinski definition) is 3. The van der Waals surface area contributed by atoms with Crippen molar-refractivity contribution in [1.29, 1.82) is 0 Å². The summed E-state index contributed by atoms with van der Waals surface area (Å²) in [5, 5.41) is 10.7. The molecule has 0 spiro atoms. The van der Waals surface area contributed by atoms with E-state index < -0.39 is 0 Å². The number of nitrogens with one attached hydrogen (secondary N) is 2. The quantitative estimate of drug-likeness (QED) is 0.119. The van der Waals surface area contributed by atoms with Gasteiger partial charge in [-0.3, -0.25) is 0 Å². The number of rotatable bonds is 1. The van der Waals surface area contributed by atoms with Crippen molar-refractivity contribution in [3.63, 3.8) is 0 Å². The van der Waals surface area contributed by atoms with Crippen LogP contribution < -0.4 is 15.1 Å². The zero-order valence-corrected chi connectivity index (χ0v) is 28.7. The number of benzene rings is 2. The van der Waals surface area contributed by atoms with Gasteiger partial charge in [0, 0.05) is 11.1 Å². The van der Waals surface area contributed by atoms with Crippen LogP contribution in [0.1, 0.15) is 70.8 Å². The summed E-state index contributed by atoms with van der Waals surface area (Å²) in [7, 11) is 0. The summed E-state index contributed by atoms with van der Waals surface area (Å²) in [6, 6.07) is 19.6. The molecule has 2 saturated carbocycles. The first kappa shape index (κ1) is 30.8. The minimum absolute atomic E-state index is 0. The van der Waals surface area contributed by atoms with Gasteiger partial charge in [0.15, 0.2) is 0 Å². The van der Waals surface area contributed by atoms with E-state index in [1.54, 1.807) is 5.70 Å². The van der Waals surface area contributed by atoms with Crippen LogP contribution in [0.4, 0.5) is 11.4 Å². The van der Waals surface area contributed by atoms with Crippen LogP contribution in [0.15, 0.2) is 72.0 Å². The second-order valence-electron chi connectivity index (χ2n) is 12.2. The number of fused-ring (bicyclic) bond motifs is 6. The molecule has 206 valence electrons. The molecule has 1 heterocycles. The minimum Gasteiger partial charge on any atom is -0.675 e.